The molecule has 0 aromatic heterocycles. The fourth-order valence-corrected chi connectivity index (χ4v) is 1.30. The molecule has 0 fully saturated rings. The summed E-state index contributed by atoms with van der Waals surface area (Å²) < 4.78 is 0. The normalized spacial score (nSPS) is 9.54. The molecule has 2 heteroatoms. The van der Waals surface area contributed by atoms with Crippen LogP contribution in [0.5, 0.6) is 0 Å². The maximum absolute atomic E-state index is 10.7. The van der Waals surface area contributed by atoms with Crippen molar-refractivity contribution in [1.82, 2.24) is 0 Å². The predicted molar refractivity (Wildman–Crippen MR) is 55.9 cm³/mol. The van der Waals surface area contributed by atoms with Gasteiger partial charge in [-0.15, -0.1) is 0 Å². The van der Waals surface area contributed by atoms with E-state index in [2.05, 4.69) is 11.8 Å². The lowest BCUT2D eigenvalue weighted by Crippen LogP contribution is -1.89. The average Bonchev–Trinajstić information content (AvgIpc) is 2.16. The lowest BCUT2D eigenvalue weighted by Gasteiger charge is -1.97. The first-order valence-electron chi connectivity index (χ1n) is 5.25. The lowest BCUT2D eigenvalue weighted by atomic mass is 10.1. The van der Waals surface area contributed by atoms with Crippen LogP contribution in [0.4, 0.5) is 0 Å². The van der Waals surface area contributed by atoms with Crippen LogP contribution in [0.3, 0.4) is 0 Å². The average molecular weight is 182 g/mol. The number of carbonyl (C=O) groups is 1. The maximum Gasteiger partial charge on any atom is 0.514 e. The zero-order valence-electron chi connectivity index (χ0n) is 8.59. The molecule has 0 aliphatic carbocycles. The van der Waals surface area contributed by atoms with E-state index in [0.29, 0.717) is 6.42 Å². The highest BCUT2D eigenvalue weighted by Crippen LogP contribution is 2.08. The van der Waals surface area contributed by atoms with Gasteiger partial charge in [-0.25, -0.2) is 4.79 Å². The Kier molecular flexibility index (Phi) is 8.65. The summed E-state index contributed by atoms with van der Waals surface area (Å²) in [7, 11) is 0. The number of rotatable bonds is 8. The third-order valence-electron chi connectivity index (χ3n) is 2.14. The van der Waals surface area contributed by atoms with Gasteiger partial charge in [-0.3, -0.25) is 0 Å². The van der Waals surface area contributed by atoms with Gasteiger partial charge in [-0.2, -0.15) is 0 Å². The summed E-state index contributed by atoms with van der Waals surface area (Å²) in [4.78, 5) is 13.8. The van der Waals surface area contributed by atoms with Crippen LogP contribution >= 0.6 is 0 Å². The van der Waals surface area contributed by atoms with Gasteiger partial charge in [0.2, 0.25) is 0 Å². The molecule has 0 bridgehead atoms. The first-order valence-corrected chi connectivity index (χ1v) is 5.25. The highest BCUT2D eigenvalue weighted by molar-refractivity contribution is 5.85. The molecule has 0 aromatic carbocycles. The van der Waals surface area contributed by atoms with Gasteiger partial charge in [0.15, 0.2) is 0 Å². The minimum atomic E-state index is -0.173. The van der Waals surface area contributed by atoms with E-state index in [4.69, 9.17) is 6.57 Å². The number of nitrogens with zero attached hydrogens (tertiary/aromatic N) is 1. The van der Waals surface area contributed by atoms with E-state index in [1.165, 1.54) is 32.1 Å². The zero-order chi connectivity index (χ0) is 9.94. The van der Waals surface area contributed by atoms with Crippen molar-refractivity contribution >= 4 is 5.91 Å². The smallest absolute Gasteiger partial charge is 0.200 e. The number of amides is 1. The fraction of sp³-hybridized carbons (Fsp3) is 0.818. The topological polar surface area (TPSA) is 21.4 Å². The van der Waals surface area contributed by atoms with Gasteiger partial charge in [0.05, 0.1) is 6.42 Å². The molecule has 0 radical (unpaired) electrons. The molecule has 0 saturated carbocycles. The number of hydrogen-bond acceptors (Lipinski definition) is 1. The van der Waals surface area contributed by atoms with Gasteiger partial charge in [-0.1, -0.05) is 45.4 Å². The second kappa shape index (κ2) is 9.25. The summed E-state index contributed by atoms with van der Waals surface area (Å²) in [6.07, 6.45) is 9.05. The minimum Gasteiger partial charge on any atom is -0.200 e. The number of unbranched alkanes of at least 4 members (excludes halogenated alkanes) is 6. The van der Waals surface area contributed by atoms with E-state index < -0.39 is 0 Å². The molecule has 0 atom stereocenters. The monoisotopic (exact) mass is 182 g/mol. The quantitative estimate of drug-likeness (QED) is 0.525. The molecule has 0 saturated heterocycles. The van der Waals surface area contributed by atoms with Gasteiger partial charge in [-0.05, 0) is 6.42 Å². The van der Waals surface area contributed by atoms with E-state index in [-0.39, 0.29) is 5.91 Å². The summed E-state index contributed by atoms with van der Waals surface area (Å²) in [5.41, 5.74) is 0. The summed E-state index contributed by atoms with van der Waals surface area (Å²) in [5.74, 6) is -0.173. The molecule has 0 N–H and O–H groups in total. The molecule has 0 heterocycles. The van der Waals surface area contributed by atoms with Crippen LogP contribution in [0.15, 0.2) is 0 Å². The fourth-order valence-electron chi connectivity index (χ4n) is 1.30. The molecular weight excluding hydrogens is 162 g/mol. The standard InChI is InChI=1S/C11H20NO/c1-3-4-5-6-7-8-9-10-11(13)12-2/h2H,3-10H2,1H3/q+1. The number of hydrogen-bond donors (Lipinski definition) is 0. The van der Waals surface area contributed by atoms with E-state index in [0.717, 1.165) is 12.8 Å². The SMILES string of the molecule is C#[N+]C(=O)CCCCCCCCC. The van der Waals surface area contributed by atoms with Crippen LogP contribution in [0.25, 0.3) is 4.85 Å². The van der Waals surface area contributed by atoms with Crippen LogP contribution in [0.1, 0.15) is 58.3 Å². The van der Waals surface area contributed by atoms with Crippen LogP contribution < -0.4 is 0 Å². The second-order valence-corrected chi connectivity index (χ2v) is 3.39. The Morgan fingerprint density at radius 2 is 1.62 bits per heavy atom. The molecule has 0 spiro atoms. The Hall–Kier alpha value is -0.840. The lowest BCUT2D eigenvalue weighted by molar-refractivity contribution is -0.114. The Balaban J connectivity index is 3.00. The van der Waals surface area contributed by atoms with E-state index in [1.54, 1.807) is 0 Å². The maximum atomic E-state index is 10.7. The molecule has 0 aliphatic rings. The third kappa shape index (κ3) is 9.07. The molecule has 0 aliphatic heterocycles. The summed E-state index contributed by atoms with van der Waals surface area (Å²) in [6, 6.07) is 0. The first kappa shape index (κ1) is 12.2. The molecule has 0 rings (SSSR count). The van der Waals surface area contributed by atoms with Gasteiger partial charge >= 0.3 is 5.91 Å². The van der Waals surface area contributed by atoms with E-state index >= 15 is 0 Å². The highest BCUT2D eigenvalue weighted by atomic mass is 16.1. The summed E-state index contributed by atoms with van der Waals surface area (Å²) in [5, 5.41) is 0. The van der Waals surface area contributed by atoms with Gasteiger partial charge in [0.1, 0.15) is 0 Å². The molecule has 2 nitrogen and oxygen atoms in total. The molecule has 1 amide bonds. The summed E-state index contributed by atoms with van der Waals surface area (Å²) in [6.45, 7) is 7.04. The van der Waals surface area contributed by atoms with Crippen molar-refractivity contribution in [1.29, 1.82) is 0 Å². The van der Waals surface area contributed by atoms with Crippen molar-refractivity contribution < 1.29 is 4.79 Å². The van der Waals surface area contributed by atoms with Gasteiger partial charge in [0, 0.05) is 4.85 Å². The Bertz CT molecular complexity index is 169. The second-order valence-electron chi connectivity index (χ2n) is 3.39. The first-order chi connectivity index (χ1) is 6.31. The highest BCUT2D eigenvalue weighted by Gasteiger charge is 2.07. The summed E-state index contributed by atoms with van der Waals surface area (Å²) >= 11 is 0. The Morgan fingerprint density at radius 3 is 2.15 bits per heavy atom. The van der Waals surface area contributed by atoms with Gasteiger partial charge < -0.3 is 0 Å². The minimum absolute atomic E-state index is 0.173. The van der Waals surface area contributed by atoms with Crippen LogP contribution in [0, 0.1) is 6.57 Å². The van der Waals surface area contributed by atoms with Crippen molar-refractivity contribution in [2.75, 3.05) is 0 Å². The molecule has 13 heavy (non-hydrogen) atoms. The molecule has 0 unspecified atom stereocenters. The van der Waals surface area contributed by atoms with E-state index in [9.17, 15) is 4.79 Å². The van der Waals surface area contributed by atoms with Crippen LogP contribution in [-0.4, -0.2) is 5.91 Å². The van der Waals surface area contributed by atoms with E-state index in [1.807, 2.05) is 0 Å². The van der Waals surface area contributed by atoms with Crippen molar-refractivity contribution in [3.8, 4) is 6.57 Å². The largest absolute Gasteiger partial charge is 0.514 e. The Morgan fingerprint density at radius 1 is 1.08 bits per heavy atom. The van der Waals surface area contributed by atoms with Crippen molar-refractivity contribution in [3.05, 3.63) is 4.85 Å². The Labute approximate surface area is 81.2 Å². The predicted octanol–water partition coefficient (Wildman–Crippen LogP) is 3.62. The van der Waals surface area contributed by atoms with Crippen molar-refractivity contribution in [3.63, 3.8) is 0 Å². The molecular formula is C11H20NO+. The number of carbonyl (C=O) groups excluding carboxylic acids is 1. The third-order valence-corrected chi connectivity index (χ3v) is 2.14. The van der Waals surface area contributed by atoms with Crippen molar-refractivity contribution in [2.24, 2.45) is 0 Å². The zero-order valence-corrected chi connectivity index (χ0v) is 8.59. The van der Waals surface area contributed by atoms with Crippen LogP contribution in [0.2, 0.25) is 0 Å². The van der Waals surface area contributed by atoms with Gasteiger partial charge in [0.25, 0.3) is 6.57 Å². The molecule has 74 valence electrons. The van der Waals surface area contributed by atoms with Crippen LogP contribution in [-0.2, 0) is 4.79 Å². The van der Waals surface area contributed by atoms with Crippen molar-refractivity contribution in [2.45, 2.75) is 58.3 Å². The molecule has 0 aromatic rings.